The van der Waals surface area contributed by atoms with Gasteiger partial charge in [0.05, 0.1) is 17.4 Å². The molecular formula is C29H25FN6O. The first-order valence-electron chi connectivity index (χ1n) is 12.0. The van der Waals surface area contributed by atoms with E-state index >= 15 is 0 Å². The predicted molar refractivity (Wildman–Crippen MR) is 144 cm³/mol. The van der Waals surface area contributed by atoms with Crippen LogP contribution in [-0.2, 0) is 0 Å². The van der Waals surface area contributed by atoms with Gasteiger partial charge >= 0.3 is 0 Å². The number of H-pyrrole nitrogens is 2. The number of hydrogen-bond donors (Lipinski definition) is 2. The van der Waals surface area contributed by atoms with E-state index in [1.165, 1.54) is 6.07 Å². The molecule has 0 spiro atoms. The van der Waals surface area contributed by atoms with Crippen molar-refractivity contribution in [2.24, 2.45) is 0 Å². The lowest BCUT2D eigenvalue weighted by atomic mass is 10.0. The molecule has 7 nitrogen and oxygen atoms in total. The Morgan fingerprint density at radius 2 is 1.81 bits per heavy atom. The van der Waals surface area contributed by atoms with Crippen molar-refractivity contribution in [3.63, 3.8) is 0 Å². The van der Waals surface area contributed by atoms with Crippen molar-refractivity contribution >= 4 is 21.9 Å². The molecule has 6 rings (SSSR count). The summed E-state index contributed by atoms with van der Waals surface area (Å²) in [6, 6.07) is 18.7. The van der Waals surface area contributed by atoms with Gasteiger partial charge in [0, 0.05) is 40.8 Å². The number of likely N-dealkylation sites (N-methyl/N-ethyl adjacent to an activating group) is 1. The fourth-order valence-corrected chi connectivity index (χ4v) is 4.47. The Bertz CT molecular complexity index is 1720. The molecule has 0 bridgehead atoms. The molecule has 0 saturated heterocycles. The van der Waals surface area contributed by atoms with Crippen LogP contribution in [0.15, 0.2) is 79.3 Å². The average Bonchev–Trinajstić information content (AvgIpc) is 3.52. The van der Waals surface area contributed by atoms with Crippen LogP contribution in [0.3, 0.4) is 0 Å². The van der Waals surface area contributed by atoms with E-state index < -0.39 is 0 Å². The van der Waals surface area contributed by atoms with Crippen LogP contribution in [0.1, 0.15) is 0 Å². The molecule has 0 aliphatic carbocycles. The van der Waals surface area contributed by atoms with Gasteiger partial charge in [0.2, 0.25) is 0 Å². The van der Waals surface area contributed by atoms with Gasteiger partial charge in [-0.3, -0.25) is 10.1 Å². The molecule has 184 valence electrons. The molecule has 2 aromatic carbocycles. The normalized spacial score (nSPS) is 11.6. The largest absolute Gasteiger partial charge is 0.491 e. The van der Waals surface area contributed by atoms with Gasteiger partial charge in [-0.05, 0) is 61.6 Å². The Morgan fingerprint density at radius 3 is 2.68 bits per heavy atom. The van der Waals surface area contributed by atoms with E-state index in [9.17, 15) is 4.39 Å². The van der Waals surface area contributed by atoms with Gasteiger partial charge in [-0.1, -0.05) is 24.3 Å². The number of benzene rings is 2. The monoisotopic (exact) mass is 492 g/mol. The number of pyridine rings is 2. The first-order valence-corrected chi connectivity index (χ1v) is 12.0. The Labute approximate surface area is 213 Å². The van der Waals surface area contributed by atoms with Crippen LogP contribution >= 0.6 is 0 Å². The van der Waals surface area contributed by atoms with Gasteiger partial charge in [-0.15, -0.1) is 0 Å². The summed E-state index contributed by atoms with van der Waals surface area (Å²) in [4.78, 5) is 14.3. The third kappa shape index (κ3) is 4.43. The SMILES string of the molecule is CN(C)CCOc1cncc(-c2ccc3[nH]nc(-c4cc5c(-c6ccccc6F)ccnc5[nH]4)c3c2)c1. The lowest BCUT2D eigenvalue weighted by Crippen LogP contribution is -2.19. The standard InChI is InChI=1S/C29H25FN6O/c1-36(2)11-12-37-20-13-19(16-31-17-20)18-7-8-26-24(14-18)28(35-34-26)27-15-23-21(9-10-32-29(23)33-27)22-5-3-4-6-25(22)30/h3-10,13-17H,11-12H2,1-2H3,(H,32,33)(H,34,35). The van der Waals surface area contributed by atoms with Crippen molar-refractivity contribution < 1.29 is 9.13 Å². The number of hydrogen-bond acceptors (Lipinski definition) is 5. The maximum atomic E-state index is 14.6. The molecule has 0 atom stereocenters. The molecule has 0 fully saturated rings. The zero-order valence-electron chi connectivity index (χ0n) is 20.5. The van der Waals surface area contributed by atoms with Crippen LogP contribution in [0.2, 0.25) is 0 Å². The van der Waals surface area contributed by atoms with Gasteiger partial charge in [0.15, 0.2) is 0 Å². The smallest absolute Gasteiger partial charge is 0.138 e. The number of nitrogens with zero attached hydrogens (tertiary/aromatic N) is 4. The molecule has 0 saturated carbocycles. The Balaban J connectivity index is 1.39. The van der Waals surface area contributed by atoms with E-state index in [4.69, 9.17) is 4.74 Å². The number of nitrogens with one attached hydrogen (secondary N) is 2. The third-order valence-electron chi connectivity index (χ3n) is 6.37. The van der Waals surface area contributed by atoms with Crippen LogP contribution in [0.25, 0.3) is 55.6 Å². The van der Waals surface area contributed by atoms with Gasteiger partial charge in [-0.25, -0.2) is 9.37 Å². The van der Waals surface area contributed by atoms with Crippen LogP contribution in [-0.4, -0.2) is 57.3 Å². The van der Waals surface area contributed by atoms with Gasteiger partial charge in [0.25, 0.3) is 0 Å². The molecular weight excluding hydrogens is 467 g/mol. The number of fused-ring (bicyclic) bond motifs is 2. The molecule has 0 aliphatic heterocycles. The summed E-state index contributed by atoms with van der Waals surface area (Å²) in [7, 11) is 4.03. The van der Waals surface area contributed by atoms with Gasteiger partial charge in [0.1, 0.15) is 29.5 Å². The molecule has 0 aliphatic rings. The Morgan fingerprint density at radius 1 is 0.919 bits per heavy atom. The predicted octanol–water partition coefficient (Wildman–Crippen LogP) is 5.91. The number of ether oxygens (including phenoxy) is 1. The lowest BCUT2D eigenvalue weighted by molar-refractivity contribution is 0.261. The highest BCUT2D eigenvalue weighted by Crippen LogP contribution is 2.35. The van der Waals surface area contributed by atoms with Crippen LogP contribution in [0.4, 0.5) is 4.39 Å². The van der Waals surface area contributed by atoms with E-state index in [1.807, 2.05) is 56.7 Å². The summed E-state index contributed by atoms with van der Waals surface area (Å²) in [6.45, 7) is 1.42. The van der Waals surface area contributed by atoms with Gasteiger partial charge in [-0.2, -0.15) is 5.10 Å². The maximum absolute atomic E-state index is 14.6. The molecule has 8 heteroatoms. The Hall–Kier alpha value is -4.56. The number of aromatic nitrogens is 5. The average molecular weight is 493 g/mol. The molecule has 6 aromatic rings. The molecule has 37 heavy (non-hydrogen) atoms. The quantitative estimate of drug-likeness (QED) is 0.289. The molecule has 0 radical (unpaired) electrons. The van der Waals surface area contributed by atoms with Crippen molar-refractivity contribution in [2.75, 3.05) is 27.2 Å². The lowest BCUT2D eigenvalue weighted by Gasteiger charge is -2.11. The minimum atomic E-state index is -0.269. The zero-order valence-corrected chi connectivity index (χ0v) is 20.5. The number of aromatic amines is 2. The second-order valence-electron chi connectivity index (χ2n) is 9.18. The van der Waals surface area contributed by atoms with Crippen molar-refractivity contribution in [1.82, 2.24) is 30.0 Å². The van der Waals surface area contributed by atoms with Crippen LogP contribution < -0.4 is 4.74 Å². The molecule has 4 heterocycles. The summed E-state index contributed by atoms with van der Waals surface area (Å²) >= 11 is 0. The zero-order chi connectivity index (χ0) is 25.4. The van der Waals surface area contributed by atoms with Crippen molar-refractivity contribution in [2.45, 2.75) is 0 Å². The number of rotatable bonds is 7. The van der Waals surface area contributed by atoms with Crippen molar-refractivity contribution in [3.8, 4) is 39.4 Å². The summed E-state index contributed by atoms with van der Waals surface area (Å²) < 4.78 is 20.4. The second kappa shape index (κ2) is 9.48. The third-order valence-corrected chi connectivity index (χ3v) is 6.37. The molecule has 0 amide bonds. The summed E-state index contributed by atoms with van der Waals surface area (Å²) in [5, 5.41) is 9.50. The highest BCUT2D eigenvalue weighted by Gasteiger charge is 2.16. The van der Waals surface area contributed by atoms with E-state index in [1.54, 1.807) is 24.5 Å². The van der Waals surface area contributed by atoms with E-state index in [0.29, 0.717) is 17.8 Å². The highest BCUT2D eigenvalue weighted by atomic mass is 19.1. The molecule has 4 aromatic heterocycles. The molecule has 2 N–H and O–H groups in total. The fraction of sp³-hybridized carbons (Fsp3) is 0.138. The summed E-state index contributed by atoms with van der Waals surface area (Å²) in [5.41, 5.74) is 6.42. The maximum Gasteiger partial charge on any atom is 0.138 e. The minimum Gasteiger partial charge on any atom is -0.491 e. The minimum absolute atomic E-state index is 0.269. The van der Waals surface area contributed by atoms with Crippen molar-refractivity contribution in [1.29, 1.82) is 0 Å². The van der Waals surface area contributed by atoms with Gasteiger partial charge < -0.3 is 14.6 Å². The second-order valence-corrected chi connectivity index (χ2v) is 9.18. The van der Waals surface area contributed by atoms with E-state index in [2.05, 4.69) is 36.1 Å². The number of halogens is 1. The first-order chi connectivity index (χ1) is 18.1. The highest BCUT2D eigenvalue weighted by molar-refractivity contribution is 6.00. The first kappa shape index (κ1) is 22.9. The molecule has 0 unspecified atom stereocenters. The Kier molecular flexibility index (Phi) is 5.86. The van der Waals surface area contributed by atoms with Crippen molar-refractivity contribution in [3.05, 3.63) is 85.1 Å². The summed E-state index contributed by atoms with van der Waals surface area (Å²) in [5.74, 6) is 0.461. The van der Waals surface area contributed by atoms with E-state index in [0.717, 1.165) is 56.7 Å². The van der Waals surface area contributed by atoms with Crippen LogP contribution in [0, 0.1) is 5.82 Å². The van der Waals surface area contributed by atoms with E-state index in [-0.39, 0.29) is 5.82 Å². The van der Waals surface area contributed by atoms with Crippen LogP contribution in [0.5, 0.6) is 5.75 Å². The summed E-state index contributed by atoms with van der Waals surface area (Å²) in [6.07, 6.45) is 5.24. The topological polar surface area (TPSA) is 82.7 Å². The fourth-order valence-electron chi connectivity index (χ4n) is 4.47.